The first-order valence-electron chi connectivity index (χ1n) is 6.01. The molecule has 2 N–H and O–H groups in total. The van der Waals surface area contributed by atoms with Gasteiger partial charge in [-0.2, -0.15) is 4.37 Å². The zero-order valence-corrected chi connectivity index (χ0v) is 11.1. The molecule has 94 valence electrons. The van der Waals surface area contributed by atoms with Crippen LogP contribution in [0.1, 0.15) is 48.7 Å². The highest BCUT2D eigenvalue weighted by Gasteiger charge is 2.41. The number of aromatic nitrogens is 1. The van der Waals surface area contributed by atoms with Gasteiger partial charge in [-0.25, -0.2) is 4.79 Å². The number of hydrogen-bond acceptors (Lipinski definition) is 4. The Labute approximate surface area is 105 Å². The summed E-state index contributed by atoms with van der Waals surface area (Å²) in [5.41, 5.74) is 1.36. The predicted molar refractivity (Wildman–Crippen MR) is 68.9 cm³/mol. The van der Waals surface area contributed by atoms with E-state index >= 15 is 0 Å². The second-order valence-electron chi connectivity index (χ2n) is 4.88. The van der Waals surface area contributed by atoms with Gasteiger partial charge in [0.05, 0.1) is 5.69 Å². The molecule has 4 nitrogen and oxygen atoms in total. The molecule has 1 aromatic heterocycles. The van der Waals surface area contributed by atoms with Gasteiger partial charge in [0.2, 0.25) is 0 Å². The van der Waals surface area contributed by atoms with E-state index in [1.807, 2.05) is 0 Å². The van der Waals surface area contributed by atoms with Crippen LogP contribution in [0.2, 0.25) is 0 Å². The average molecular weight is 254 g/mol. The molecule has 2 rings (SSSR count). The number of carboxylic acid groups (broad SMARTS) is 1. The summed E-state index contributed by atoms with van der Waals surface area (Å²) in [7, 11) is 0. The highest BCUT2D eigenvalue weighted by molar-refractivity contribution is 7.10. The van der Waals surface area contributed by atoms with Crippen molar-refractivity contribution in [2.24, 2.45) is 5.41 Å². The van der Waals surface area contributed by atoms with Crippen molar-refractivity contribution < 1.29 is 9.90 Å². The van der Waals surface area contributed by atoms with Crippen LogP contribution >= 0.6 is 11.5 Å². The van der Waals surface area contributed by atoms with Gasteiger partial charge >= 0.3 is 5.97 Å². The lowest BCUT2D eigenvalue weighted by molar-refractivity contribution is 0.0697. The fraction of sp³-hybridized carbons (Fsp3) is 0.667. The summed E-state index contributed by atoms with van der Waals surface area (Å²) in [6, 6.07) is 0. The number of nitrogens with one attached hydrogen (secondary N) is 1. The SMILES string of the molecule is CCCC1(CNc2snc(C)c2C(=O)O)CC1. The first-order chi connectivity index (χ1) is 8.08. The van der Waals surface area contributed by atoms with E-state index in [1.54, 1.807) is 6.92 Å². The Morgan fingerprint density at radius 1 is 1.59 bits per heavy atom. The molecule has 1 aliphatic rings. The van der Waals surface area contributed by atoms with Gasteiger partial charge in [-0.3, -0.25) is 0 Å². The van der Waals surface area contributed by atoms with Crippen LogP contribution in [0.25, 0.3) is 0 Å². The second-order valence-corrected chi connectivity index (χ2v) is 5.65. The zero-order chi connectivity index (χ0) is 12.5. The monoisotopic (exact) mass is 254 g/mol. The van der Waals surface area contributed by atoms with E-state index in [0.29, 0.717) is 21.7 Å². The van der Waals surface area contributed by atoms with E-state index in [0.717, 1.165) is 6.54 Å². The average Bonchev–Trinajstić information content (AvgIpc) is 2.92. The minimum absolute atomic E-state index is 0.335. The molecule has 1 aliphatic carbocycles. The van der Waals surface area contributed by atoms with Gasteiger partial charge in [-0.15, -0.1) is 0 Å². The molecule has 0 amide bonds. The Kier molecular flexibility index (Phi) is 3.38. The topological polar surface area (TPSA) is 62.2 Å². The lowest BCUT2D eigenvalue weighted by atomic mass is 10.0. The number of carboxylic acids is 1. The Morgan fingerprint density at radius 3 is 2.82 bits per heavy atom. The van der Waals surface area contributed by atoms with E-state index in [1.165, 1.54) is 37.2 Å². The van der Waals surface area contributed by atoms with Gasteiger partial charge in [0.25, 0.3) is 0 Å². The molecule has 1 heterocycles. The van der Waals surface area contributed by atoms with Gasteiger partial charge < -0.3 is 10.4 Å². The van der Waals surface area contributed by atoms with Crippen LogP contribution in [0.15, 0.2) is 0 Å². The smallest absolute Gasteiger partial charge is 0.340 e. The normalized spacial score (nSPS) is 16.8. The first kappa shape index (κ1) is 12.4. The molecule has 0 spiro atoms. The maximum Gasteiger partial charge on any atom is 0.340 e. The van der Waals surface area contributed by atoms with E-state index in [4.69, 9.17) is 5.11 Å². The third-order valence-corrected chi connectivity index (χ3v) is 4.33. The minimum Gasteiger partial charge on any atom is -0.478 e. The molecular weight excluding hydrogens is 236 g/mol. The Morgan fingerprint density at radius 2 is 2.29 bits per heavy atom. The maximum absolute atomic E-state index is 11.1. The van der Waals surface area contributed by atoms with Gasteiger partial charge in [0, 0.05) is 6.54 Å². The lowest BCUT2D eigenvalue weighted by Gasteiger charge is -2.14. The van der Waals surface area contributed by atoms with Crippen molar-refractivity contribution in [1.29, 1.82) is 0 Å². The molecule has 1 saturated carbocycles. The quantitative estimate of drug-likeness (QED) is 0.818. The molecule has 0 unspecified atom stereocenters. The van der Waals surface area contributed by atoms with Crippen molar-refractivity contribution in [3.63, 3.8) is 0 Å². The number of aromatic carboxylic acids is 1. The van der Waals surface area contributed by atoms with Crippen LogP contribution in [0.5, 0.6) is 0 Å². The summed E-state index contributed by atoms with van der Waals surface area (Å²) in [6.45, 7) is 4.81. The molecule has 0 bridgehead atoms. The highest BCUT2D eigenvalue weighted by atomic mass is 32.1. The number of aryl methyl sites for hydroxylation is 1. The standard InChI is InChI=1S/C12H18N2O2S/c1-3-4-12(5-6-12)7-13-10-9(11(15)16)8(2)14-17-10/h13H,3-7H2,1-2H3,(H,15,16). The Bertz CT molecular complexity index is 424. The van der Waals surface area contributed by atoms with Crippen LogP contribution in [0, 0.1) is 12.3 Å². The molecule has 0 atom stereocenters. The predicted octanol–water partition coefficient (Wildman–Crippen LogP) is 3.14. The molecule has 0 aromatic carbocycles. The molecular formula is C12H18N2O2S. The van der Waals surface area contributed by atoms with Gasteiger partial charge in [0.15, 0.2) is 0 Å². The summed E-state index contributed by atoms with van der Waals surface area (Å²) in [5, 5.41) is 13.1. The molecule has 1 fully saturated rings. The van der Waals surface area contributed by atoms with Gasteiger partial charge in [-0.05, 0) is 43.1 Å². The van der Waals surface area contributed by atoms with Crippen LogP contribution in [0.4, 0.5) is 5.00 Å². The summed E-state index contributed by atoms with van der Waals surface area (Å²) < 4.78 is 4.10. The van der Waals surface area contributed by atoms with Crippen molar-refractivity contribution in [1.82, 2.24) is 4.37 Å². The summed E-state index contributed by atoms with van der Waals surface area (Å²) in [6.07, 6.45) is 4.93. The molecule has 0 aliphatic heterocycles. The van der Waals surface area contributed by atoms with Gasteiger partial charge in [-0.1, -0.05) is 13.3 Å². The third kappa shape index (κ3) is 2.60. The van der Waals surface area contributed by atoms with Crippen LogP contribution in [-0.4, -0.2) is 22.0 Å². The van der Waals surface area contributed by atoms with Crippen LogP contribution < -0.4 is 5.32 Å². The van der Waals surface area contributed by atoms with E-state index in [9.17, 15) is 4.79 Å². The number of rotatable bonds is 6. The molecule has 0 radical (unpaired) electrons. The van der Waals surface area contributed by atoms with Crippen molar-refractivity contribution >= 4 is 22.5 Å². The summed E-state index contributed by atoms with van der Waals surface area (Å²) in [4.78, 5) is 11.1. The Hall–Kier alpha value is -1.10. The largest absolute Gasteiger partial charge is 0.478 e. The first-order valence-corrected chi connectivity index (χ1v) is 6.79. The van der Waals surface area contributed by atoms with E-state index in [2.05, 4.69) is 16.6 Å². The number of carbonyl (C=O) groups is 1. The van der Waals surface area contributed by atoms with Crippen LogP contribution in [0.3, 0.4) is 0 Å². The maximum atomic E-state index is 11.1. The summed E-state index contributed by atoms with van der Waals surface area (Å²) in [5.74, 6) is -0.890. The third-order valence-electron chi connectivity index (χ3n) is 3.44. The molecule has 1 aromatic rings. The van der Waals surface area contributed by atoms with Crippen molar-refractivity contribution in [2.45, 2.75) is 39.5 Å². The number of hydrogen-bond donors (Lipinski definition) is 2. The fourth-order valence-electron chi connectivity index (χ4n) is 2.23. The fourth-order valence-corrected chi connectivity index (χ4v) is 3.01. The minimum atomic E-state index is -0.890. The number of anilines is 1. The number of nitrogens with zero attached hydrogens (tertiary/aromatic N) is 1. The second kappa shape index (κ2) is 4.64. The molecule has 0 saturated heterocycles. The van der Waals surface area contributed by atoms with Gasteiger partial charge in [0.1, 0.15) is 10.6 Å². The Balaban J connectivity index is 2.02. The van der Waals surface area contributed by atoms with E-state index < -0.39 is 5.97 Å². The summed E-state index contributed by atoms with van der Waals surface area (Å²) >= 11 is 1.25. The molecule has 5 heteroatoms. The molecule has 17 heavy (non-hydrogen) atoms. The van der Waals surface area contributed by atoms with Crippen molar-refractivity contribution in [2.75, 3.05) is 11.9 Å². The highest BCUT2D eigenvalue weighted by Crippen LogP contribution is 2.49. The van der Waals surface area contributed by atoms with Crippen molar-refractivity contribution in [3.8, 4) is 0 Å². The van der Waals surface area contributed by atoms with E-state index in [-0.39, 0.29) is 0 Å². The van der Waals surface area contributed by atoms with Crippen LogP contribution in [-0.2, 0) is 0 Å². The lowest BCUT2D eigenvalue weighted by Crippen LogP contribution is -2.16. The zero-order valence-electron chi connectivity index (χ0n) is 10.2. The van der Waals surface area contributed by atoms with Crippen molar-refractivity contribution in [3.05, 3.63) is 11.3 Å².